The van der Waals surface area contributed by atoms with E-state index in [0.29, 0.717) is 0 Å². The first kappa shape index (κ1) is 14.9. The average molecular weight is 313 g/mol. The number of rotatable bonds is 4. The molecule has 0 saturated heterocycles. The van der Waals surface area contributed by atoms with Gasteiger partial charge in [-0.1, -0.05) is 11.8 Å². The van der Waals surface area contributed by atoms with Gasteiger partial charge in [-0.3, -0.25) is 4.98 Å². The predicted molar refractivity (Wildman–Crippen MR) is 90.7 cm³/mol. The molecule has 0 aliphatic rings. The lowest BCUT2D eigenvalue weighted by Gasteiger charge is -2.09. The average Bonchev–Trinajstić information content (AvgIpc) is 2.93. The number of nitrogens with one attached hydrogen (secondary N) is 1. The van der Waals surface area contributed by atoms with Crippen LogP contribution in [-0.2, 0) is 5.75 Å². The standard InChI is InChI=1S/C17H19N3OS/c1-10-8-18-16(12(3)11(10)2)9-22-17-19-14-6-5-13(21-4)7-15(14)20-17/h5-8H,9H2,1-4H3,(H,19,20). The van der Waals surface area contributed by atoms with Gasteiger partial charge in [0, 0.05) is 18.0 Å². The fourth-order valence-corrected chi connectivity index (χ4v) is 3.23. The number of fused-ring (bicyclic) bond motifs is 1. The highest BCUT2D eigenvalue weighted by Crippen LogP contribution is 2.26. The molecule has 0 radical (unpaired) electrons. The van der Waals surface area contributed by atoms with Gasteiger partial charge in [0.2, 0.25) is 0 Å². The van der Waals surface area contributed by atoms with Crippen LogP contribution in [0.4, 0.5) is 0 Å². The summed E-state index contributed by atoms with van der Waals surface area (Å²) < 4.78 is 5.23. The third-order valence-corrected chi connectivity index (χ3v) is 4.90. The molecular weight excluding hydrogens is 294 g/mol. The van der Waals surface area contributed by atoms with Crippen molar-refractivity contribution in [1.29, 1.82) is 0 Å². The zero-order chi connectivity index (χ0) is 15.7. The number of methoxy groups -OCH3 is 1. The highest BCUT2D eigenvalue weighted by Gasteiger charge is 2.09. The molecule has 3 rings (SSSR count). The van der Waals surface area contributed by atoms with Gasteiger partial charge in [-0.05, 0) is 49.6 Å². The lowest BCUT2D eigenvalue weighted by Crippen LogP contribution is -1.97. The van der Waals surface area contributed by atoms with Gasteiger partial charge < -0.3 is 9.72 Å². The fraction of sp³-hybridized carbons (Fsp3) is 0.294. The molecule has 114 valence electrons. The third-order valence-electron chi connectivity index (χ3n) is 4.02. The van der Waals surface area contributed by atoms with E-state index < -0.39 is 0 Å². The first-order valence-corrected chi connectivity index (χ1v) is 8.15. The Bertz CT molecular complexity index is 826. The molecule has 0 bridgehead atoms. The van der Waals surface area contributed by atoms with Gasteiger partial charge in [-0.25, -0.2) is 4.98 Å². The minimum absolute atomic E-state index is 0.809. The number of pyridine rings is 1. The maximum Gasteiger partial charge on any atom is 0.166 e. The van der Waals surface area contributed by atoms with Crippen molar-refractivity contribution in [2.45, 2.75) is 31.7 Å². The molecule has 0 atom stereocenters. The van der Waals surface area contributed by atoms with Gasteiger partial charge >= 0.3 is 0 Å². The summed E-state index contributed by atoms with van der Waals surface area (Å²) in [7, 11) is 1.66. The lowest BCUT2D eigenvalue weighted by atomic mass is 10.1. The molecule has 0 saturated carbocycles. The van der Waals surface area contributed by atoms with Crippen molar-refractivity contribution in [3.8, 4) is 5.75 Å². The molecular formula is C17H19N3OS. The predicted octanol–water partition coefficient (Wildman–Crippen LogP) is 4.18. The Morgan fingerprint density at radius 3 is 2.77 bits per heavy atom. The van der Waals surface area contributed by atoms with E-state index >= 15 is 0 Å². The van der Waals surface area contributed by atoms with E-state index in [1.165, 1.54) is 16.7 Å². The molecule has 2 heterocycles. The van der Waals surface area contributed by atoms with E-state index in [1.54, 1.807) is 18.9 Å². The van der Waals surface area contributed by atoms with Gasteiger partial charge in [0.05, 0.1) is 23.8 Å². The summed E-state index contributed by atoms with van der Waals surface area (Å²) in [4.78, 5) is 12.5. The van der Waals surface area contributed by atoms with Crippen LogP contribution in [-0.4, -0.2) is 22.1 Å². The summed E-state index contributed by atoms with van der Waals surface area (Å²) in [5.74, 6) is 1.63. The second-order valence-corrected chi connectivity index (χ2v) is 6.32. The van der Waals surface area contributed by atoms with E-state index in [4.69, 9.17) is 4.74 Å². The van der Waals surface area contributed by atoms with Crippen LogP contribution in [0.5, 0.6) is 5.75 Å². The maximum atomic E-state index is 5.23. The quantitative estimate of drug-likeness (QED) is 0.734. The van der Waals surface area contributed by atoms with Crippen molar-refractivity contribution in [2.24, 2.45) is 0 Å². The largest absolute Gasteiger partial charge is 0.497 e. The summed E-state index contributed by atoms with van der Waals surface area (Å²) in [5.41, 5.74) is 6.89. The minimum atomic E-state index is 0.809. The number of benzene rings is 1. The number of ether oxygens (including phenoxy) is 1. The van der Waals surface area contributed by atoms with E-state index in [-0.39, 0.29) is 0 Å². The van der Waals surface area contributed by atoms with Crippen LogP contribution in [0.1, 0.15) is 22.4 Å². The van der Waals surface area contributed by atoms with Crippen LogP contribution >= 0.6 is 11.8 Å². The van der Waals surface area contributed by atoms with Gasteiger partial charge in [0.15, 0.2) is 5.16 Å². The van der Waals surface area contributed by atoms with Crippen molar-refractivity contribution < 1.29 is 4.74 Å². The Kier molecular flexibility index (Phi) is 4.07. The van der Waals surface area contributed by atoms with Crippen LogP contribution in [0.3, 0.4) is 0 Å². The number of H-pyrrole nitrogens is 1. The topological polar surface area (TPSA) is 50.8 Å². The molecule has 0 unspecified atom stereocenters. The zero-order valence-corrected chi connectivity index (χ0v) is 14.0. The van der Waals surface area contributed by atoms with Crippen molar-refractivity contribution in [3.63, 3.8) is 0 Å². The number of nitrogens with zero attached hydrogens (tertiary/aromatic N) is 2. The first-order chi connectivity index (χ1) is 10.6. The molecule has 0 fully saturated rings. The number of imidazole rings is 1. The van der Waals surface area contributed by atoms with Crippen LogP contribution in [0, 0.1) is 20.8 Å². The third kappa shape index (κ3) is 2.81. The van der Waals surface area contributed by atoms with Crippen molar-refractivity contribution in [3.05, 3.63) is 46.8 Å². The van der Waals surface area contributed by atoms with Crippen molar-refractivity contribution >= 4 is 22.8 Å². The number of aryl methyl sites for hydroxylation is 1. The van der Waals surface area contributed by atoms with Gasteiger partial charge in [-0.2, -0.15) is 0 Å². The second kappa shape index (κ2) is 6.01. The fourth-order valence-electron chi connectivity index (χ4n) is 2.32. The molecule has 1 aromatic carbocycles. The molecule has 0 amide bonds. The van der Waals surface area contributed by atoms with E-state index in [1.807, 2.05) is 24.4 Å². The molecule has 2 aromatic heterocycles. The summed E-state index contributed by atoms with van der Waals surface area (Å²) in [5, 5.41) is 0.905. The molecule has 0 aliphatic heterocycles. The Balaban J connectivity index is 1.80. The SMILES string of the molecule is COc1ccc2[nH]c(SCc3ncc(C)c(C)c3C)nc2c1. The Morgan fingerprint density at radius 2 is 2.00 bits per heavy atom. The summed E-state index contributed by atoms with van der Waals surface area (Å²) >= 11 is 1.67. The molecule has 4 nitrogen and oxygen atoms in total. The number of aromatic amines is 1. The summed E-state index contributed by atoms with van der Waals surface area (Å²) in [6.07, 6.45) is 1.95. The highest BCUT2D eigenvalue weighted by molar-refractivity contribution is 7.98. The van der Waals surface area contributed by atoms with Gasteiger partial charge in [-0.15, -0.1) is 0 Å². The van der Waals surface area contributed by atoms with Gasteiger partial charge in [0.25, 0.3) is 0 Å². The molecule has 22 heavy (non-hydrogen) atoms. The molecule has 3 aromatic rings. The Hall–Kier alpha value is -2.01. The highest BCUT2D eigenvalue weighted by atomic mass is 32.2. The normalized spacial score (nSPS) is 11.1. The smallest absolute Gasteiger partial charge is 0.166 e. The number of hydrogen-bond donors (Lipinski definition) is 1. The van der Waals surface area contributed by atoms with E-state index in [0.717, 1.165) is 33.4 Å². The van der Waals surface area contributed by atoms with Crippen LogP contribution < -0.4 is 4.74 Å². The monoisotopic (exact) mass is 313 g/mol. The van der Waals surface area contributed by atoms with Gasteiger partial charge in [0.1, 0.15) is 5.75 Å². The minimum Gasteiger partial charge on any atom is -0.497 e. The summed E-state index contributed by atoms with van der Waals surface area (Å²) in [6, 6.07) is 5.87. The van der Waals surface area contributed by atoms with Crippen molar-refractivity contribution in [1.82, 2.24) is 15.0 Å². The maximum absolute atomic E-state index is 5.23. The second-order valence-electron chi connectivity index (χ2n) is 5.35. The van der Waals surface area contributed by atoms with E-state index in [9.17, 15) is 0 Å². The molecule has 0 aliphatic carbocycles. The number of hydrogen-bond acceptors (Lipinski definition) is 4. The molecule has 0 spiro atoms. The van der Waals surface area contributed by atoms with Crippen molar-refractivity contribution in [2.75, 3.05) is 7.11 Å². The van der Waals surface area contributed by atoms with E-state index in [2.05, 4.69) is 35.7 Å². The molecule has 5 heteroatoms. The van der Waals surface area contributed by atoms with Crippen LogP contribution in [0.2, 0.25) is 0 Å². The van der Waals surface area contributed by atoms with Crippen LogP contribution in [0.15, 0.2) is 29.6 Å². The number of aromatic nitrogens is 3. The Morgan fingerprint density at radius 1 is 1.18 bits per heavy atom. The zero-order valence-electron chi connectivity index (χ0n) is 13.2. The molecule has 1 N–H and O–H groups in total. The lowest BCUT2D eigenvalue weighted by molar-refractivity contribution is 0.415. The summed E-state index contributed by atoms with van der Waals surface area (Å²) in [6.45, 7) is 6.38. The van der Waals surface area contributed by atoms with Crippen LogP contribution in [0.25, 0.3) is 11.0 Å². The first-order valence-electron chi connectivity index (χ1n) is 7.16. The number of thioether (sulfide) groups is 1. The Labute approximate surface area is 134 Å².